The normalized spacial score (nSPS) is 14.5. The standard InChI is InChI=1S/C25H30N4O2S/c1-3-29-24(21-11-7-8-12-22(21)31-2)26-27-25(29)32-18-23(30)28-15-13-20(14-16-28)17-19-9-5-4-6-10-19/h4-12,20H,3,13-18H2,1-2H3. The van der Waals surface area contributed by atoms with Gasteiger partial charge in [-0.2, -0.15) is 0 Å². The first-order valence-electron chi connectivity index (χ1n) is 11.2. The molecule has 1 amide bonds. The van der Waals surface area contributed by atoms with Crippen LogP contribution in [-0.2, 0) is 17.8 Å². The van der Waals surface area contributed by atoms with Crippen LogP contribution in [0.2, 0.25) is 0 Å². The molecule has 1 saturated heterocycles. The Labute approximate surface area is 194 Å². The van der Waals surface area contributed by atoms with E-state index in [1.165, 1.54) is 17.3 Å². The summed E-state index contributed by atoms with van der Waals surface area (Å²) < 4.78 is 7.53. The number of carbonyl (C=O) groups is 1. The lowest BCUT2D eigenvalue weighted by atomic mass is 9.90. The van der Waals surface area contributed by atoms with Gasteiger partial charge in [-0.1, -0.05) is 54.2 Å². The molecule has 4 rings (SSSR count). The van der Waals surface area contributed by atoms with Gasteiger partial charge in [-0.3, -0.25) is 4.79 Å². The fourth-order valence-electron chi connectivity index (χ4n) is 4.26. The van der Waals surface area contributed by atoms with Crippen molar-refractivity contribution in [3.8, 4) is 17.1 Å². The van der Waals surface area contributed by atoms with Crippen molar-refractivity contribution >= 4 is 17.7 Å². The number of piperidine rings is 1. The fourth-order valence-corrected chi connectivity index (χ4v) is 5.17. The summed E-state index contributed by atoms with van der Waals surface area (Å²) in [5.41, 5.74) is 2.29. The number of rotatable bonds is 8. The van der Waals surface area contributed by atoms with E-state index in [0.717, 1.165) is 61.2 Å². The second-order valence-corrected chi connectivity index (χ2v) is 9.00. The molecule has 0 aliphatic carbocycles. The van der Waals surface area contributed by atoms with Gasteiger partial charge in [0.1, 0.15) is 5.75 Å². The Bertz CT molecular complexity index is 1030. The molecule has 0 unspecified atom stereocenters. The number of amides is 1. The summed E-state index contributed by atoms with van der Waals surface area (Å²) in [6.07, 6.45) is 3.23. The van der Waals surface area contributed by atoms with E-state index in [1.807, 2.05) is 33.7 Å². The molecule has 7 heteroatoms. The lowest BCUT2D eigenvalue weighted by Gasteiger charge is -2.32. The van der Waals surface area contributed by atoms with Gasteiger partial charge in [0.15, 0.2) is 11.0 Å². The molecule has 2 aromatic carbocycles. The summed E-state index contributed by atoms with van der Waals surface area (Å²) in [5.74, 6) is 2.74. The Morgan fingerprint density at radius 1 is 1.06 bits per heavy atom. The average molecular weight is 451 g/mol. The van der Waals surface area contributed by atoms with Crippen molar-refractivity contribution in [3.63, 3.8) is 0 Å². The van der Waals surface area contributed by atoms with Gasteiger partial charge in [-0.15, -0.1) is 10.2 Å². The van der Waals surface area contributed by atoms with Crippen LogP contribution in [0, 0.1) is 5.92 Å². The maximum Gasteiger partial charge on any atom is 0.233 e. The Morgan fingerprint density at radius 2 is 1.78 bits per heavy atom. The van der Waals surface area contributed by atoms with Gasteiger partial charge in [0, 0.05) is 19.6 Å². The molecule has 1 aromatic heterocycles. The molecule has 0 saturated carbocycles. The number of likely N-dealkylation sites (tertiary alicyclic amines) is 1. The first-order chi connectivity index (χ1) is 15.7. The van der Waals surface area contributed by atoms with E-state index in [-0.39, 0.29) is 5.91 Å². The lowest BCUT2D eigenvalue weighted by Crippen LogP contribution is -2.39. The zero-order chi connectivity index (χ0) is 22.3. The molecule has 168 valence electrons. The van der Waals surface area contributed by atoms with Crippen molar-refractivity contribution in [1.82, 2.24) is 19.7 Å². The number of benzene rings is 2. The van der Waals surface area contributed by atoms with E-state index < -0.39 is 0 Å². The minimum Gasteiger partial charge on any atom is -0.496 e. The number of nitrogens with zero attached hydrogens (tertiary/aromatic N) is 4. The van der Waals surface area contributed by atoms with Gasteiger partial charge in [0.05, 0.1) is 18.4 Å². The van der Waals surface area contributed by atoms with E-state index in [2.05, 4.69) is 47.5 Å². The number of ether oxygens (including phenoxy) is 1. The first kappa shape index (κ1) is 22.4. The predicted molar refractivity (Wildman–Crippen MR) is 128 cm³/mol. The van der Waals surface area contributed by atoms with Gasteiger partial charge < -0.3 is 14.2 Å². The number of hydrogen-bond acceptors (Lipinski definition) is 5. The second-order valence-electron chi connectivity index (χ2n) is 8.05. The van der Waals surface area contributed by atoms with Crippen LogP contribution in [-0.4, -0.2) is 51.5 Å². The topological polar surface area (TPSA) is 60.2 Å². The summed E-state index contributed by atoms with van der Waals surface area (Å²) in [6.45, 7) is 4.46. The minimum absolute atomic E-state index is 0.178. The third kappa shape index (κ3) is 5.15. The SMILES string of the molecule is CCn1c(SCC(=O)N2CCC(Cc3ccccc3)CC2)nnc1-c1ccccc1OC. The predicted octanol–water partition coefficient (Wildman–Crippen LogP) is 4.55. The fraction of sp³-hybridized carbons (Fsp3) is 0.400. The van der Waals surface area contributed by atoms with Gasteiger partial charge in [0.25, 0.3) is 0 Å². The molecule has 1 fully saturated rings. The molecule has 0 spiro atoms. The van der Waals surface area contributed by atoms with Crippen LogP contribution in [0.1, 0.15) is 25.3 Å². The van der Waals surface area contributed by atoms with Crippen LogP contribution in [0.25, 0.3) is 11.4 Å². The van der Waals surface area contributed by atoms with E-state index in [9.17, 15) is 4.79 Å². The van der Waals surface area contributed by atoms with Gasteiger partial charge in [-0.25, -0.2) is 0 Å². The highest BCUT2D eigenvalue weighted by Crippen LogP contribution is 2.31. The van der Waals surface area contributed by atoms with E-state index in [0.29, 0.717) is 11.7 Å². The van der Waals surface area contributed by atoms with Crippen LogP contribution in [0.4, 0.5) is 0 Å². The third-order valence-corrected chi connectivity index (χ3v) is 6.99. The summed E-state index contributed by atoms with van der Waals surface area (Å²) in [7, 11) is 1.66. The number of aromatic nitrogens is 3. The molecule has 2 heterocycles. The van der Waals surface area contributed by atoms with Crippen LogP contribution in [0.5, 0.6) is 5.75 Å². The highest BCUT2D eigenvalue weighted by atomic mass is 32.2. The highest BCUT2D eigenvalue weighted by molar-refractivity contribution is 7.99. The smallest absolute Gasteiger partial charge is 0.233 e. The number of methoxy groups -OCH3 is 1. The zero-order valence-corrected chi connectivity index (χ0v) is 19.6. The number of thioether (sulfide) groups is 1. The summed E-state index contributed by atoms with van der Waals surface area (Å²) in [4.78, 5) is 14.8. The van der Waals surface area contributed by atoms with Crippen molar-refractivity contribution in [1.29, 1.82) is 0 Å². The summed E-state index contributed by atoms with van der Waals surface area (Å²) in [5, 5.41) is 9.52. The Kier molecular flexibility index (Phi) is 7.47. The van der Waals surface area contributed by atoms with E-state index >= 15 is 0 Å². The summed E-state index contributed by atoms with van der Waals surface area (Å²) in [6, 6.07) is 18.4. The molecule has 32 heavy (non-hydrogen) atoms. The number of carbonyl (C=O) groups excluding carboxylic acids is 1. The minimum atomic E-state index is 0.178. The monoisotopic (exact) mass is 450 g/mol. The van der Waals surface area contributed by atoms with Crippen molar-refractivity contribution in [2.24, 2.45) is 5.92 Å². The van der Waals surface area contributed by atoms with E-state index in [4.69, 9.17) is 4.74 Å². The quantitative estimate of drug-likeness (QED) is 0.471. The average Bonchev–Trinajstić information content (AvgIpc) is 3.26. The highest BCUT2D eigenvalue weighted by Gasteiger charge is 2.24. The third-order valence-electron chi connectivity index (χ3n) is 6.04. The van der Waals surface area contributed by atoms with Crippen molar-refractivity contribution in [2.45, 2.75) is 37.9 Å². The van der Waals surface area contributed by atoms with Crippen molar-refractivity contribution in [2.75, 3.05) is 26.0 Å². The maximum atomic E-state index is 12.8. The molecule has 0 radical (unpaired) electrons. The van der Waals surface area contributed by atoms with Crippen LogP contribution in [0.15, 0.2) is 59.8 Å². The number of para-hydroxylation sites is 1. The lowest BCUT2D eigenvalue weighted by molar-refractivity contribution is -0.129. The zero-order valence-electron chi connectivity index (χ0n) is 18.7. The largest absolute Gasteiger partial charge is 0.496 e. The molecule has 6 nitrogen and oxygen atoms in total. The van der Waals surface area contributed by atoms with Gasteiger partial charge in [0.2, 0.25) is 5.91 Å². The molecule has 1 aliphatic rings. The second kappa shape index (κ2) is 10.7. The van der Waals surface area contributed by atoms with Crippen LogP contribution in [0.3, 0.4) is 0 Å². The molecule has 0 N–H and O–H groups in total. The van der Waals surface area contributed by atoms with Crippen LogP contribution < -0.4 is 4.74 Å². The van der Waals surface area contributed by atoms with Crippen molar-refractivity contribution in [3.05, 3.63) is 60.2 Å². The molecular weight excluding hydrogens is 420 g/mol. The van der Waals surface area contributed by atoms with E-state index in [1.54, 1.807) is 7.11 Å². The van der Waals surface area contributed by atoms with Gasteiger partial charge >= 0.3 is 0 Å². The molecule has 3 aromatic rings. The number of hydrogen-bond donors (Lipinski definition) is 0. The molecule has 1 aliphatic heterocycles. The molecule has 0 bridgehead atoms. The van der Waals surface area contributed by atoms with Crippen LogP contribution >= 0.6 is 11.8 Å². The Morgan fingerprint density at radius 3 is 2.50 bits per heavy atom. The Hall–Kier alpha value is -2.80. The molecule has 0 atom stereocenters. The Balaban J connectivity index is 1.33. The van der Waals surface area contributed by atoms with Gasteiger partial charge in [-0.05, 0) is 49.8 Å². The van der Waals surface area contributed by atoms with Crippen molar-refractivity contribution < 1.29 is 9.53 Å². The summed E-state index contributed by atoms with van der Waals surface area (Å²) >= 11 is 1.46. The molecular formula is C25H30N4O2S. The first-order valence-corrected chi connectivity index (χ1v) is 12.2. The maximum absolute atomic E-state index is 12.8.